The van der Waals surface area contributed by atoms with Crippen LogP contribution in [0.5, 0.6) is 11.6 Å². The standard InChI is InChI=1S/C23H18ClFN4O2/c24-22-20(14-28-29(23(22)30)15-16-4-2-1-3-5-16)27-13-17-10-11-26-21(12-17)31-19-8-6-18(25)7-9-19/h1-12,14,27H,13,15H2. The van der Waals surface area contributed by atoms with Crippen molar-refractivity contribution in [3.8, 4) is 11.6 Å². The quantitative estimate of drug-likeness (QED) is 0.447. The third-order valence-corrected chi connectivity index (χ3v) is 4.84. The molecule has 156 valence electrons. The molecule has 6 nitrogen and oxygen atoms in total. The first-order valence-electron chi connectivity index (χ1n) is 9.50. The van der Waals surface area contributed by atoms with Crippen LogP contribution in [0.4, 0.5) is 10.1 Å². The molecular formula is C23H18ClFN4O2. The molecular weight excluding hydrogens is 419 g/mol. The van der Waals surface area contributed by atoms with E-state index in [0.29, 0.717) is 30.4 Å². The summed E-state index contributed by atoms with van der Waals surface area (Å²) in [6, 6.07) is 18.8. The second-order valence-electron chi connectivity index (χ2n) is 6.73. The number of halogens is 2. The van der Waals surface area contributed by atoms with Crippen molar-refractivity contribution >= 4 is 17.3 Å². The lowest BCUT2D eigenvalue weighted by atomic mass is 10.2. The van der Waals surface area contributed by atoms with Gasteiger partial charge in [0.25, 0.3) is 5.56 Å². The first kappa shape index (κ1) is 20.6. The van der Waals surface area contributed by atoms with E-state index < -0.39 is 0 Å². The molecule has 0 atom stereocenters. The minimum Gasteiger partial charge on any atom is -0.439 e. The van der Waals surface area contributed by atoms with Crippen LogP contribution in [0, 0.1) is 5.82 Å². The molecule has 2 aromatic carbocycles. The molecule has 8 heteroatoms. The van der Waals surface area contributed by atoms with Crippen molar-refractivity contribution in [1.29, 1.82) is 0 Å². The summed E-state index contributed by atoms with van der Waals surface area (Å²) in [5, 5.41) is 7.41. The highest BCUT2D eigenvalue weighted by Gasteiger charge is 2.10. The Morgan fingerprint density at radius 2 is 1.81 bits per heavy atom. The summed E-state index contributed by atoms with van der Waals surface area (Å²) >= 11 is 6.28. The van der Waals surface area contributed by atoms with Gasteiger partial charge in [-0.15, -0.1) is 0 Å². The van der Waals surface area contributed by atoms with Crippen molar-refractivity contribution in [2.75, 3.05) is 5.32 Å². The van der Waals surface area contributed by atoms with E-state index >= 15 is 0 Å². The van der Waals surface area contributed by atoms with Gasteiger partial charge < -0.3 is 10.1 Å². The summed E-state index contributed by atoms with van der Waals surface area (Å²) in [6.07, 6.45) is 3.14. The van der Waals surface area contributed by atoms with Gasteiger partial charge in [0.15, 0.2) is 0 Å². The number of pyridine rings is 1. The lowest BCUT2D eigenvalue weighted by molar-refractivity contribution is 0.460. The Bertz CT molecular complexity index is 1230. The highest BCUT2D eigenvalue weighted by Crippen LogP contribution is 2.21. The van der Waals surface area contributed by atoms with E-state index in [1.54, 1.807) is 12.3 Å². The van der Waals surface area contributed by atoms with Crippen LogP contribution in [-0.2, 0) is 13.1 Å². The van der Waals surface area contributed by atoms with E-state index in [0.717, 1.165) is 11.1 Å². The van der Waals surface area contributed by atoms with Gasteiger partial charge in [0.1, 0.15) is 16.6 Å². The number of aromatic nitrogens is 3. The second-order valence-corrected chi connectivity index (χ2v) is 7.11. The molecule has 4 rings (SSSR count). The lowest BCUT2D eigenvalue weighted by Crippen LogP contribution is -2.24. The Morgan fingerprint density at radius 3 is 2.58 bits per heavy atom. The fourth-order valence-corrected chi connectivity index (χ4v) is 3.11. The minimum absolute atomic E-state index is 0.0720. The Labute approximate surface area is 182 Å². The highest BCUT2D eigenvalue weighted by molar-refractivity contribution is 6.32. The zero-order chi connectivity index (χ0) is 21.6. The minimum atomic E-state index is -0.370. The number of anilines is 1. The fourth-order valence-electron chi connectivity index (χ4n) is 2.89. The maximum Gasteiger partial charge on any atom is 0.287 e. The van der Waals surface area contributed by atoms with Gasteiger partial charge in [-0.25, -0.2) is 14.1 Å². The number of hydrogen-bond acceptors (Lipinski definition) is 5. The molecule has 0 aliphatic carbocycles. The smallest absolute Gasteiger partial charge is 0.287 e. The molecule has 0 saturated carbocycles. The third-order valence-electron chi connectivity index (χ3n) is 4.48. The molecule has 2 aromatic heterocycles. The lowest BCUT2D eigenvalue weighted by Gasteiger charge is -2.11. The van der Waals surface area contributed by atoms with E-state index in [-0.39, 0.29) is 16.4 Å². The van der Waals surface area contributed by atoms with Gasteiger partial charge in [-0.05, 0) is 41.5 Å². The number of rotatable bonds is 7. The average molecular weight is 437 g/mol. The monoisotopic (exact) mass is 436 g/mol. The Kier molecular flexibility index (Phi) is 6.24. The topological polar surface area (TPSA) is 69.0 Å². The Balaban J connectivity index is 1.43. The van der Waals surface area contributed by atoms with Crippen molar-refractivity contribution in [3.05, 3.63) is 111 Å². The van der Waals surface area contributed by atoms with Crippen LogP contribution in [0.15, 0.2) is 83.9 Å². The van der Waals surface area contributed by atoms with Gasteiger partial charge in [-0.3, -0.25) is 4.79 Å². The van der Waals surface area contributed by atoms with Crippen molar-refractivity contribution in [2.45, 2.75) is 13.1 Å². The summed E-state index contributed by atoms with van der Waals surface area (Å²) in [5.74, 6) is 0.510. The predicted molar refractivity (Wildman–Crippen MR) is 117 cm³/mol. The fraction of sp³-hybridized carbons (Fsp3) is 0.0870. The molecule has 0 spiro atoms. The molecule has 0 amide bonds. The van der Waals surface area contributed by atoms with Gasteiger partial charge in [-0.2, -0.15) is 5.10 Å². The maximum atomic E-state index is 13.0. The molecule has 0 aliphatic rings. The molecule has 1 N–H and O–H groups in total. The summed E-state index contributed by atoms with van der Waals surface area (Å²) in [4.78, 5) is 16.7. The first-order valence-corrected chi connectivity index (χ1v) is 9.88. The molecule has 31 heavy (non-hydrogen) atoms. The van der Waals surface area contributed by atoms with E-state index in [4.69, 9.17) is 16.3 Å². The van der Waals surface area contributed by atoms with Crippen LogP contribution >= 0.6 is 11.6 Å². The van der Waals surface area contributed by atoms with Crippen LogP contribution < -0.4 is 15.6 Å². The number of hydrogen-bond donors (Lipinski definition) is 1. The van der Waals surface area contributed by atoms with Crippen molar-refractivity contribution in [1.82, 2.24) is 14.8 Å². The van der Waals surface area contributed by atoms with Crippen LogP contribution in [0.1, 0.15) is 11.1 Å². The van der Waals surface area contributed by atoms with E-state index in [1.807, 2.05) is 36.4 Å². The maximum absolute atomic E-state index is 13.0. The largest absolute Gasteiger partial charge is 0.439 e. The molecule has 0 fully saturated rings. The number of nitrogens with one attached hydrogen (secondary N) is 1. The number of nitrogens with zero attached hydrogens (tertiary/aromatic N) is 3. The zero-order valence-corrected chi connectivity index (χ0v) is 17.1. The van der Waals surface area contributed by atoms with Crippen LogP contribution in [0.25, 0.3) is 0 Å². The third kappa shape index (κ3) is 5.26. The summed E-state index contributed by atoms with van der Waals surface area (Å²) in [7, 11) is 0. The molecule has 0 radical (unpaired) electrons. The molecule has 0 saturated heterocycles. The summed E-state index contributed by atoms with van der Waals surface area (Å²) in [5.41, 5.74) is 1.88. The second kappa shape index (κ2) is 9.40. The van der Waals surface area contributed by atoms with E-state index in [2.05, 4.69) is 15.4 Å². The molecule has 0 bridgehead atoms. The van der Waals surface area contributed by atoms with Crippen molar-refractivity contribution in [2.24, 2.45) is 0 Å². The molecule has 0 aliphatic heterocycles. The van der Waals surface area contributed by atoms with Gasteiger partial charge in [-0.1, -0.05) is 41.9 Å². The van der Waals surface area contributed by atoms with Crippen LogP contribution in [-0.4, -0.2) is 14.8 Å². The molecule has 0 unspecified atom stereocenters. The van der Waals surface area contributed by atoms with Crippen molar-refractivity contribution < 1.29 is 9.13 Å². The molecule has 2 heterocycles. The average Bonchev–Trinajstić information content (AvgIpc) is 2.79. The van der Waals surface area contributed by atoms with Crippen LogP contribution in [0.2, 0.25) is 5.02 Å². The summed E-state index contributed by atoms with van der Waals surface area (Å²) < 4.78 is 20.0. The number of benzene rings is 2. The Hall–Kier alpha value is -3.71. The van der Waals surface area contributed by atoms with Gasteiger partial charge in [0, 0.05) is 18.8 Å². The van der Waals surface area contributed by atoms with Crippen LogP contribution in [0.3, 0.4) is 0 Å². The number of ether oxygens (including phenoxy) is 1. The van der Waals surface area contributed by atoms with Gasteiger partial charge in [0.2, 0.25) is 5.88 Å². The Morgan fingerprint density at radius 1 is 1.03 bits per heavy atom. The van der Waals surface area contributed by atoms with E-state index in [1.165, 1.54) is 35.1 Å². The van der Waals surface area contributed by atoms with Gasteiger partial charge >= 0.3 is 0 Å². The highest BCUT2D eigenvalue weighted by atomic mass is 35.5. The van der Waals surface area contributed by atoms with Crippen molar-refractivity contribution in [3.63, 3.8) is 0 Å². The summed E-state index contributed by atoms with van der Waals surface area (Å²) in [6.45, 7) is 0.722. The van der Waals surface area contributed by atoms with E-state index in [9.17, 15) is 9.18 Å². The van der Waals surface area contributed by atoms with Gasteiger partial charge in [0.05, 0.1) is 18.4 Å². The first-order chi connectivity index (χ1) is 15.1. The predicted octanol–water partition coefficient (Wildman–Crippen LogP) is 4.88. The normalized spacial score (nSPS) is 10.6. The zero-order valence-electron chi connectivity index (χ0n) is 16.3. The SMILES string of the molecule is O=c1c(Cl)c(NCc2ccnc(Oc3ccc(F)cc3)c2)cnn1Cc1ccccc1. The molecule has 4 aromatic rings.